The molecule has 16 heavy (non-hydrogen) atoms. The lowest BCUT2D eigenvalue weighted by Crippen LogP contribution is -2.33. The highest BCUT2D eigenvalue weighted by Gasteiger charge is 2.35. The number of carbonyl (C=O) groups excluding carboxylic acids is 1. The molecule has 0 aliphatic carbocycles. The number of aryl methyl sites for hydroxylation is 1. The summed E-state index contributed by atoms with van der Waals surface area (Å²) in [5.41, 5.74) is -0.959. The summed E-state index contributed by atoms with van der Waals surface area (Å²) in [6.45, 7) is 5.42. The van der Waals surface area contributed by atoms with Crippen molar-refractivity contribution >= 4 is 22.6 Å². The minimum absolute atomic E-state index is 0.295. The van der Waals surface area contributed by atoms with Crippen molar-refractivity contribution in [3.05, 3.63) is 5.82 Å². The van der Waals surface area contributed by atoms with Crippen LogP contribution in [0.15, 0.2) is 0 Å². The maximum Gasteiger partial charge on any atom is 0.246 e. The smallest absolute Gasteiger partial charge is 0.246 e. The Kier molecular flexibility index (Phi) is 3.96. The first-order chi connectivity index (χ1) is 7.57. The van der Waals surface area contributed by atoms with Crippen LogP contribution in [-0.2, 0) is 4.79 Å². The monoisotopic (exact) mass is 238 g/mol. The second-order valence-electron chi connectivity index (χ2n) is 3.50. The van der Waals surface area contributed by atoms with E-state index in [0.717, 1.165) is 11.5 Å². The number of nitrogens with one attached hydrogen (secondary N) is 1. The lowest BCUT2D eigenvalue weighted by molar-refractivity contribution is -0.123. The molecule has 86 valence electrons. The molecular weight excluding hydrogens is 224 g/mol. The van der Waals surface area contributed by atoms with Gasteiger partial charge in [0, 0.05) is 11.5 Å². The van der Waals surface area contributed by atoms with Crippen LogP contribution in [0.1, 0.15) is 32.5 Å². The first-order valence-corrected chi connectivity index (χ1v) is 5.88. The van der Waals surface area contributed by atoms with Gasteiger partial charge in [-0.1, -0.05) is 13.8 Å². The Labute approximate surface area is 98.7 Å². The number of hydrogen-bond donors (Lipinski definition) is 1. The zero-order valence-electron chi connectivity index (χ0n) is 9.57. The Morgan fingerprint density at radius 3 is 2.56 bits per heavy atom. The van der Waals surface area contributed by atoms with E-state index in [1.807, 2.05) is 13.8 Å². The van der Waals surface area contributed by atoms with Crippen LogP contribution in [0.5, 0.6) is 0 Å². The number of nitriles is 1. The van der Waals surface area contributed by atoms with Crippen molar-refractivity contribution in [2.75, 3.05) is 5.32 Å². The summed E-state index contributed by atoms with van der Waals surface area (Å²) < 4.78 is 3.96. The van der Waals surface area contributed by atoms with E-state index >= 15 is 0 Å². The Morgan fingerprint density at radius 2 is 2.19 bits per heavy atom. The molecule has 1 heterocycles. The van der Waals surface area contributed by atoms with Gasteiger partial charge in [0.05, 0.1) is 6.07 Å². The summed E-state index contributed by atoms with van der Waals surface area (Å²) in [5.74, 6) is 0.326. The number of amides is 1. The van der Waals surface area contributed by atoms with E-state index in [2.05, 4.69) is 20.7 Å². The van der Waals surface area contributed by atoms with E-state index in [4.69, 9.17) is 5.26 Å². The van der Waals surface area contributed by atoms with E-state index < -0.39 is 5.41 Å². The molecule has 0 saturated heterocycles. The summed E-state index contributed by atoms with van der Waals surface area (Å²) in [6.07, 6.45) is 0.979. The Balaban J connectivity index is 2.82. The fourth-order valence-corrected chi connectivity index (χ4v) is 1.92. The van der Waals surface area contributed by atoms with Crippen molar-refractivity contribution in [1.29, 1.82) is 5.26 Å². The minimum atomic E-state index is -0.959. The molecule has 0 fully saturated rings. The van der Waals surface area contributed by atoms with Crippen molar-refractivity contribution in [3.63, 3.8) is 0 Å². The molecular formula is C10H14N4OS. The summed E-state index contributed by atoms with van der Waals surface area (Å²) >= 11 is 1.12. The molecule has 0 radical (unpaired) electrons. The van der Waals surface area contributed by atoms with Crippen molar-refractivity contribution in [2.45, 2.75) is 33.6 Å². The lowest BCUT2D eigenvalue weighted by Gasteiger charge is -2.20. The Hall–Kier alpha value is -1.48. The summed E-state index contributed by atoms with van der Waals surface area (Å²) in [5, 5.41) is 12.2. The number of hydrogen-bond acceptors (Lipinski definition) is 5. The molecule has 1 aromatic heterocycles. The molecule has 1 aromatic rings. The van der Waals surface area contributed by atoms with Crippen LogP contribution in [0.3, 0.4) is 0 Å². The molecule has 0 aliphatic rings. The quantitative estimate of drug-likeness (QED) is 0.871. The topological polar surface area (TPSA) is 78.7 Å². The van der Waals surface area contributed by atoms with Gasteiger partial charge in [-0.2, -0.15) is 9.64 Å². The number of aromatic nitrogens is 2. The summed E-state index contributed by atoms with van der Waals surface area (Å²) in [4.78, 5) is 16.0. The standard InChI is InChI=1S/C10H14N4OS/c1-4-10(5-2,6-11)8(15)13-9-12-7(3)14-16-9/h4-5H2,1-3H3,(H,12,13,14,15). The van der Waals surface area contributed by atoms with Gasteiger partial charge in [0.2, 0.25) is 11.0 Å². The first kappa shape index (κ1) is 12.6. The van der Waals surface area contributed by atoms with E-state index in [0.29, 0.717) is 23.8 Å². The zero-order chi connectivity index (χ0) is 12.2. The number of nitrogens with zero attached hydrogens (tertiary/aromatic N) is 3. The third-order valence-corrected chi connectivity index (χ3v) is 3.33. The number of carbonyl (C=O) groups is 1. The van der Waals surface area contributed by atoms with Gasteiger partial charge < -0.3 is 0 Å². The second kappa shape index (κ2) is 5.03. The Morgan fingerprint density at radius 1 is 1.56 bits per heavy atom. The molecule has 0 aliphatic heterocycles. The van der Waals surface area contributed by atoms with E-state index in [1.54, 1.807) is 6.92 Å². The van der Waals surface area contributed by atoms with E-state index in [9.17, 15) is 4.79 Å². The average Bonchev–Trinajstić information content (AvgIpc) is 2.67. The van der Waals surface area contributed by atoms with Crippen molar-refractivity contribution in [1.82, 2.24) is 9.36 Å². The molecule has 0 bridgehead atoms. The normalized spacial score (nSPS) is 10.9. The van der Waals surface area contributed by atoms with E-state index in [1.165, 1.54) is 0 Å². The third kappa shape index (κ3) is 2.36. The van der Waals surface area contributed by atoms with Crippen LogP contribution >= 0.6 is 11.5 Å². The molecule has 0 spiro atoms. The highest BCUT2D eigenvalue weighted by molar-refractivity contribution is 7.09. The predicted molar refractivity (Wildman–Crippen MR) is 61.9 cm³/mol. The summed E-state index contributed by atoms with van der Waals surface area (Å²) in [7, 11) is 0. The third-order valence-electron chi connectivity index (χ3n) is 2.60. The number of rotatable bonds is 4. The molecule has 0 unspecified atom stereocenters. The first-order valence-electron chi connectivity index (χ1n) is 5.11. The number of anilines is 1. The van der Waals surface area contributed by atoms with Crippen molar-refractivity contribution in [2.24, 2.45) is 5.41 Å². The van der Waals surface area contributed by atoms with Crippen LogP contribution in [0.2, 0.25) is 0 Å². The predicted octanol–water partition coefficient (Wildman–Crippen LogP) is 2.12. The lowest BCUT2D eigenvalue weighted by atomic mass is 9.83. The molecule has 6 heteroatoms. The van der Waals surface area contributed by atoms with Gasteiger partial charge in [-0.05, 0) is 19.8 Å². The molecule has 1 N–H and O–H groups in total. The fraction of sp³-hybridized carbons (Fsp3) is 0.600. The van der Waals surface area contributed by atoms with Gasteiger partial charge >= 0.3 is 0 Å². The average molecular weight is 238 g/mol. The van der Waals surface area contributed by atoms with Gasteiger partial charge in [-0.15, -0.1) is 0 Å². The van der Waals surface area contributed by atoms with Crippen LogP contribution < -0.4 is 5.32 Å². The van der Waals surface area contributed by atoms with E-state index in [-0.39, 0.29) is 5.91 Å². The Bertz CT molecular complexity index is 417. The molecule has 1 rings (SSSR count). The fourth-order valence-electron chi connectivity index (χ4n) is 1.34. The summed E-state index contributed by atoms with van der Waals surface area (Å²) in [6, 6.07) is 2.09. The van der Waals surface area contributed by atoms with Crippen LogP contribution in [0, 0.1) is 23.7 Å². The SMILES string of the molecule is CCC(C#N)(CC)C(=O)Nc1nc(C)ns1. The highest BCUT2D eigenvalue weighted by Crippen LogP contribution is 2.27. The van der Waals surface area contributed by atoms with Gasteiger partial charge in [-0.25, -0.2) is 4.98 Å². The van der Waals surface area contributed by atoms with Gasteiger partial charge in [-0.3, -0.25) is 10.1 Å². The van der Waals surface area contributed by atoms with Crippen molar-refractivity contribution < 1.29 is 4.79 Å². The van der Waals surface area contributed by atoms with Crippen molar-refractivity contribution in [3.8, 4) is 6.07 Å². The minimum Gasteiger partial charge on any atom is -0.299 e. The van der Waals surface area contributed by atoms with Gasteiger partial charge in [0.15, 0.2) is 0 Å². The molecule has 5 nitrogen and oxygen atoms in total. The maximum atomic E-state index is 11.9. The molecule has 0 saturated carbocycles. The highest BCUT2D eigenvalue weighted by atomic mass is 32.1. The molecule has 0 atom stereocenters. The maximum absolute atomic E-state index is 11.9. The van der Waals surface area contributed by atoms with Crippen LogP contribution in [-0.4, -0.2) is 15.3 Å². The van der Waals surface area contributed by atoms with Crippen LogP contribution in [0.25, 0.3) is 0 Å². The van der Waals surface area contributed by atoms with Gasteiger partial charge in [0.1, 0.15) is 11.2 Å². The second-order valence-corrected chi connectivity index (χ2v) is 4.25. The molecule has 1 amide bonds. The largest absolute Gasteiger partial charge is 0.299 e. The van der Waals surface area contributed by atoms with Gasteiger partial charge in [0.25, 0.3) is 0 Å². The van der Waals surface area contributed by atoms with Crippen LogP contribution in [0.4, 0.5) is 5.13 Å². The zero-order valence-corrected chi connectivity index (χ0v) is 10.4. The molecule has 0 aromatic carbocycles.